The third-order valence-electron chi connectivity index (χ3n) is 4.69. The van der Waals surface area contributed by atoms with Crippen LogP contribution in [0.5, 0.6) is 0 Å². The molecule has 3 aromatic rings. The van der Waals surface area contributed by atoms with E-state index in [4.69, 9.17) is 0 Å². The molecule has 2 N–H and O–H groups in total. The van der Waals surface area contributed by atoms with Crippen LogP contribution in [0, 0.1) is 5.82 Å². The van der Waals surface area contributed by atoms with E-state index in [1.165, 1.54) is 12.4 Å². The van der Waals surface area contributed by atoms with Crippen molar-refractivity contribution in [2.75, 3.05) is 13.1 Å². The van der Waals surface area contributed by atoms with Gasteiger partial charge in [0, 0.05) is 18.5 Å². The van der Waals surface area contributed by atoms with E-state index in [0.717, 1.165) is 29.3 Å². The fraction of sp³-hybridized carbons (Fsp3) is 0.318. The van der Waals surface area contributed by atoms with Gasteiger partial charge in [-0.2, -0.15) is 5.10 Å². The molecule has 6 nitrogen and oxygen atoms in total. The lowest BCUT2D eigenvalue weighted by Gasteiger charge is -2.27. The number of guanidine groups is 1. The molecule has 0 aliphatic rings. The van der Waals surface area contributed by atoms with Crippen LogP contribution in [0.1, 0.15) is 31.9 Å². The van der Waals surface area contributed by atoms with Crippen LogP contribution in [0.4, 0.5) is 4.39 Å². The summed E-state index contributed by atoms with van der Waals surface area (Å²) in [6.07, 6.45) is 3.18. The summed E-state index contributed by atoms with van der Waals surface area (Å²) in [7, 11) is 0. The summed E-state index contributed by atoms with van der Waals surface area (Å²) in [6, 6.07) is 14.8. The van der Waals surface area contributed by atoms with Gasteiger partial charge >= 0.3 is 0 Å². The van der Waals surface area contributed by atoms with Gasteiger partial charge in [0.05, 0.1) is 12.2 Å². The first-order chi connectivity index (χ1) is 14.0. The monoisotopic (exact) mass is 522 g/mol. The number of hydrogen-bond acceptors (Lipinski definition) is 3. The smallest absolute Gasteiger partial charge is 0.191 e. The molecular weight excluding hydrogens is 494 g/mol. The van der Waals surface area contributed by atoms with Gasteiger partial charge in [0.15, 0.2) is 5.96 Å². The highest BCUT2D eigenvalue weighted by Gasteiger charge is 2.21. The summed E-state index contributed by atoms with van der Waals surface area (Å²) in [6.45, 7) is 8.14. The maximum atomic E-state index is 13.6. The minimum Gasteiger partial charge on any atom is -0.357 e. The van der Waals surface area contributed by atoms with Gasteiger partial charge in [0.2, 0.25) is 0 Å². The van der Waals surface area contributed by atoms with Crippen molar-refractivity contribution in [3.8, 4) is 5.69 Å². The van der Waals surface area contributed by atoms with Gasteiger partial charge in [-0.15, -0.1) is 24.0 Å². The van der Waals surface area contributed by atoms with E-state index in [9.17, 15) is 4.39 Å². The van der Waals surface area contributed by atoms with Gasteiger partial charge < -0.3 is 10.6 Å². The standard InChI is InChI=1S/C22H27FN6.HI/c1-4-25-21(27-14-22(2,3)18-6-5-7-19(23)12-18)26-13-17-8-10-20(11-9-17)29-16-24-15-28-29;/h5-12,15-16H,4,13-14H2,1-3H3,(H2,25,26,27);1H. The zero-order chi connectivity index (χ0) is 20.7. The Bertz CT molecular complexity index is 939. The van der Waals surface area contributed by atoms with Crippen molar-refractivity contribution < 1.29 is 4.39 Å². The van der Waals surface area contributed by atoms with E-state index in [1.807, 2.05) is 37.3 Å². The van der Waals surface area contributed by atoms with E-state index in [-0.39, 0.29) is 35.2 Å². The second-order valence-corrected chi connectivity index (χ2v) is 7.45. The Balaban J connectivity index is 0.00000320. The van der Waals surface area contributed by atoms with Crippen molar-refractivity contribution in [2.24, 2.45) is 4.99 Å². The highest BCUT2D eigenvalue weighted by Crippen LogP contribution is 2.22. The number of nitrogens with zero attached hydrogens (tertiary/aromatic N) is 4. The van der Waals surface area contributed by atoms with E-state index in [0.29, 0.717) is 13.1 Å². The molecule has 0 saturated carbocycles. The summed E-state index contributed by atoms with van der Waals surface area (Å²) in [5, 5.41) is 10.8. The first-order valence-electron chi connectivity index (χ1n) is 9.70. The molecule has 1 aromatic heterocycles. The Morgan fingerprint density at radius 3 is 2.53 bits per heavy atom. The number of hydrogen-bond donors (Lipinski definition) is 2. The molecule has 160 valence electrons. The Kier molecular flexibility index (Phi) is 8.76. The van der Waals surface area contributed by atoms with E-state index in [2.05, 4.69) is 39.6 Å². The second kappa shape index (κ2) is 11.1. The van der Waals surface area contributed by atoms with Crippen LogP contribution < -0.4 is 10.6 Å². The van der Waals surface area contributed by atoms with Gasteiger partial charge in [-0.25, -0.2) is 19.0 Å². The number of nitrogens with one attached hydrogen (secondary N) is 2. The summed E-state index contributed by atoms with van der Waals surface area (Å²) >= 11 is 0. The van der Waals surface area contributed by atoms with Gasteiger partial charge in [-0.1, -0.05) is 38.1 Å². The first kappa shape index (κ1) is 23.8. The summed E-state index contributed by atoms with van der Waals surface area (Å²) in [4.78, 5) is 8.64. The molecule has 0 fully saturated rings. The van der Waals surface area contributed by atoms with Crippen molar-refractivity contribution >= 4 is 29.9 Å². The minimum atomic E-state index is -0.238. The molecule has 0 amide bonds. The maximum absolute atomic E-state index is 13.6. The van der Waals surface area contributed by atoms with Crippen molar-refractivity contribution in [3.05, 3.63) is 78.1 Å². The molecule has 0 aliphatic carbocycles. The Labute approximate surface area is 194 Å². The molecule has 0 atom stereocenters. The summed E-state index contributed by atoms with van der Waals surface area (Å²) in [5.74, 6) is 0.516. The number of aromatic nitrogens is 3. The van der Waals surface area contributed by atoms with Crippen LogP contribution in [0.2, 0.25) is 0 Å². The normalized spacial score (nSPS) is 11.7. The molecule has 0 saturated heterocycles. The number of halogens is 2. The van der Waals surface area contributed by atoms with Crippen LogP contribution in [-0.4, -0.2) is 33.8 Å². The molecule has 0 radical (unpaired) electrons. The largest absolute Gasteiger partial charge is 0.357 e. The molecule has 0 spiro atoms. The van der Waals surface area contributed by atoms with Gasteiger partial charge in [0.1, 0.15) is 18.5 Å². The van der Waals surface area contributed by atoms with Crippen molar-refractivity contribution in [3.63, 3.8) is 0 Å². The van der Waals surface area contributed by atoms with Crippen LogP contribution in [0.15, 0.2) is 66.2 Å². The first-order valence-corrected chi connectivity index (χ1v) is 9.70. The average molecular weight is 522 g/mol. The van der Waals surface area contributed by atoms with E-state index in [1.54, 1.807) is 23.1 Å². The van der Waals surface area contributed by atoms with Gasteiger partial charge in [-0.05, 0) is 42.3 Å². The third-order valence-corrected chi connectivity index (χ3v) is 4.69. The minimum absolute atomic E-state index is 0. The fourth-order valence-corrected chi connectivity index (χ4v) is 2.92. The fourth-order valence-electron chi connectivity index (χ4n) is 2.92. The lowest BCUT2D eigenvalue weighted by molar-refractivity contribution is 0.503. The molecule has 1 heterocycles. The van der Waals surface area contributed by atoms with Crippen molar-refractivity contribution in [1.82, 2.24) is 25.4 Å². The number of aliphatic imine (C=N–C) groups is 1. The van der Waals surface area contributed by atoms with Crippen LogP contribution in [0.25, 0.3) is 5.69 Å². The third kappa shape index (κ3) is 6.51. The lowest BCUT2D eigenvalue weighted by Crippen LogP contribution is -2.43. The second-order valence-electron chi connectivity index (χ2n) is 7.45. The molecule has 0 aliphatic heterocycles. The highest BCUT2D eigenvalue weighted by atomic mass is 127. The number of benzene rings is 2. The van der Waals surface area contributed by atoms with Crippen LogP contribution in [-0.2, 0) is 12.0 Å². The number of rotatable bonds is 7. The van der Waals surface area contributed by atoms with E-state index < -0.39 is 0 Å². The lowest BCUT2D eigenvalue weighted by atomic mass is 9.84. The van der Waals surface area contributed by atoms with Crippen LogP contribution >= 0.6 is 24.0 Å². The Morgan fingerprint density at radius 2 is 1.90 bits per heavy atom. The zero-order valence-corrected chi connectivity index (χ0v) is 19.8. The molecule has 30 heavy (non-hydrogen) atoms. The SMILES string of the molecule is CCNC(=NCc1ccc(-n2cncn2)cc1)NCC(C)(C)c1cccc(F)c1.I. The molecule has 8 heteroatoms. The van der Waals surface area contributed by atoms with Crippen LogP contribution in [0.3, 0.4) is 0 Å². The summed E-state index contributed by atoms with van der Waals surface area (Å²) in [5.41, 5.74) is 2.76. The average Bonchev–Trinajstić information content (AvgIpc) is 3.25. The molecule has 0 unspecified atom stereocenters. The predicted molar refractivity (Wildman–Crippen MR) is 129 cm³/mol. The van der Waals surface area contributed by atoms with Crippen molar-refractivity contribution in [1.29, 1.82) is 0 Å². The molecule has 3 rings (SSSR count). The zero-order valence-electron chi connectivity index (χ0n) is 17.5. The molecular formula is C22H28FIN6. The Hall–Kier alpha value is -2.49. The van der Waals surface area contributed by atoms with Gasteiger partial charge in [0.25, 0.3) is 0 Å². The summed E-state index contributed by atoms with van der Waals surface area (Å²) < 4.78 is 15.3. The Morgan fingerprint density at radius 1 is 1.13 bits per heavy atom. The maximum Gasteiger partial charge on any atom is 0.191 e. The predicted octanol–water partition coefficient (Wildman–Crippen LogP) is 4.06. The van der Waals surface area contributed by atoms with Crippen molar-refractivity contribution in [2.45, 2.75) is 32.7 Å². The molecule has 2 aromatic carbocycles. The molecule has 0 bridgehead atoms. The topological polar surface area (TPSA) is 67.1 Å². The quantitative estimate of drug-likeness (QED) is 0.279. The van der Waals surface area contributed by atoms with Gasteiger partial charge in [-0.3, -0.25) is 0 Å². The van der Waals surface area contributed by atoms with E-state index >= 15 is 0 Å². The highest BCUT2D eigenvalue weighted by molar-refractivity contribution is 14.0.